The third kappa shape index (κ3) is 7.65. The highest BCUT2D eigenvalue weighted by Crippen LogP contribution is 2.16. The van der Waals surface area contributed by atoms with Gasteiger partial charge in [0.2, 0.25) is 5.91 Å². The largest absolute Gasteiger partial charge is 0.355 e. The highest BCUT2D eigenvalue weighted by Gasteiger charge is 2.31. The molecule has 1 aromatic rings. The van der Waals surface area contributed by atoms with E-state index in [1.54, 1.807) is 0 Å². The van der Waals surface area contributed by atoms with Gasteiger partial charge >= 0.3 is 0 Å². The van der Waals surface area contributed by atoms with E-state index >= 15 is 0 Å². The molecule has 0 spiro atoms. The first kappa shape index (κ1) is 23.2. The lowest BCUT2D eigenvalue weighted by Crippen LogP contribution is -2.46. The summed E-state index contributed by atoms with van der Waals surface area (Å²) in [4.78, 5) is 19.0. The molecule has 3 rings (SSSR count). The summed E-state index contributed by atoms with van der Waals surface area (Å²) in [5.74, 6) is 0.399. The minimum Gasteiger partial charge on any atom is -0.355 e. The molecule has 0 radical (unpaired) electrons. The lowest BCUT2D eigenvalue weighted by atomic mass is 10.2. The van der Waals surface area contributed by atoms with Crippen LogP contribution in [0.2, 0.25) is 0 Å². The number of carbonyl (C=O) groups is 1. The van der Waals surface area contributed by atoms with Gasteiger partial charge in [0.1, 0.15) is 0 Å². The van der Waals surface area contributed by atoms with Gasteiger partial charge in [0.25, 0.3) is 0 Å². The van der Waals surface area contributed by atoms with Crippen molar-refractivity contribution in [3.8, 4) is 0 Å². The molecule has 168 valence electrons. The van der Waals surface area contributed by atoms with Gasteiger partial charge in [-0.15, -0.1) is 0 Å². The van der Waals surface area contributed by atoms with Crippen LogP contribution in [-0.4, -0.2) is 99.4 Å². The highest BCUT2D eigenvalue weighted by molar-refractivity contribution is 7.91. The van der Waals surface area contributed by atoms with Crippen LogP contribution >= 0.6 is 0 Å². The molecule has 2 heterocycles. The number of hydrogen-bond acceptors (Lipinski definition) is 6. The summed E-state index contributed by atoms with van der Waals surface area (Å²) in [7, 11) is -1.08. The predicted molar refractivity (Wildman–Crippen MR) is 120 cm³/mol. The molecule has 30 heavy (non-hydrogen) atoms. The molecule has 1 amide bonds. The van der Waals surface area contributed by atoms with Crippen molar-refractivity contribution in [2.45, 2.75) is 31.8 Å². The smallest absolute Gasteiger partial charge is 0.234 e. The zero-order chi connectivity index (χ0) is 21.4. The quantitative estimate of drug-likeness (QED) is 0.548. The second-order valence-electron chi connectivity index (χ2n) is 8.63. The van der Waals surface area contributed by atoms with E-state index in [-0.39, 0.29) is 30.0 Å². The zero-order valence-corrected chi connectivity index (χ0v) is 18.9. The highest BCUT2D eigenvalue weighted by atomic mass is 32.2. The fourth-order valence-corrected chi connectivity index (χ4v) is 6.04. The standard InChI is InChI=1S/C22H36N4O3S/c1-24(21-9-16-30(28,29)19-21)18-22(27)23-10-5-6-11-25-12-14-26(15-13-25)17-20-7-3-2-4-8-20/h2-4,7-8,21H,5-6,9-19H2,1H3,(H,23,27). The molecule has 1 aromatic carbocycles. The van der Waals surface area contributed by atoms with Crippen LogP contribution in [0.5, 0.6) is 0 Å². The van der Waals surface area contributed by atoms with E-state index in [0.717, 1.165) is 52.1 Å². The number of sulfone groups is 1. The topological polar surface area (TPSA) is 73.0 Å². The van der Waals surface area contributed by atoms with Crippen LogP contribution in [0, 0.1) is 0 Å². The Morgan fingerprint density at radius 1 is 1.10 bits per heavy atom. The number of hydrogen-bond donors (Lipinski definition) is 1. The summed E-state index contributed by atoms with van der Waals surface area (Å²) >= 11 is 0. The third-order valence-corrected chi connectivity index (χ3v) is 7.91. The van der Waals surface area contributed by atoms with Crippen molar-refractivity contribution in [1.82, 2.24) is 20.0 Å². The zero-order valence-electron chi connectivity index (χ0n) is 18.1. The van der Waals surface area contributed by atoms with Gasteiger partial charge in [0.05, 0.1) is 18.1 Å². The molecule has 0 bridgehead atoms. The van der Waals surface area contributed by atoms with Crippen LogP contribution in [0.15, 0.2) is 30.3 Å². The molecule has 2 saturated heterocycles. The van der Waals surface area contributed by atoms with E-state index in [0.29, 0.717) is 13.0 Å². The minimum absolute atomic E-state index is 0.0173. The fraction of sp³-hybridized carbons (Fsp3) is 0.682. The van der Waals surface area contributed by atoms with E-state index in [1.807, 2.05) is 11.9 Å². The normalized spacial score (nSPS) is 22.4. The maximum atomic E-state index is 12.1. The van der Waals surface area contributed by atoms with Crippen molar-refractivity contribution in [3.63, 3.8) is 0 Å². The summed E-state index contributed by atoms with van der Waals surface area (Å²) in [6.07, 6.45) is 2.68. The number of carbonyl (C=O) groups excluding carboxylic acids is 1. The number of rotatable bonds is 10. The summed E-state index contributed by atoms with van der Waals surface area (Å²) in [6, 6.07) is 10.6. The monoisotopic (exact) mass is 436 g/mol. The van der Waals surface area contributed by atoms with Crippen molar-refractivity contribution in [1.29, 1.82) is 0 Å². The van der Waals surface area contributed by atoms with E-state index in [9.17, 15) is 13.2 Å². The van der Waals surface area contributed by atoms with Gasteiger partial charge in [0, 0.05) is 45.3 Å². The second kappa shape index (κ2) is 11.2. The van der Waals surface area contributed by atoms with E-state index < -0.39 is 9.84 Å². The average Bonchev–Trinajstić information content (AvgIpc) is 3.10. The number of amides is 1. The predicted octanol–water partition coefficient (Wildman–Crippen LogP) is 0.820. The average molecular weight is 437 g/mol. The van der Waals surface area contributed by atoms with Crippen molar-refractivity contribution < 1.29 is 13.2 Å². The van der Waals surface area contributed by atoms with Crippen molar-refractivity contribution in [2.24, 2.45) is 0 Å². The van der Waals surface area contributed by atoms with Crippen LogP contribution in [0.25, 0.3) is 0 Å². The first-order valence-corrected chi connectivity index (χ1v) is 12.9. The Labute approximate surface area is 181 Å². The minimum atomic E-state index is -2.91. The molecule has 1 N–H and O–H groups in total. The molecule has 0 aromatic heterocycles. The Hall–Kier alpha value is -1.48. The molecule has 8 heteroatoms. The van der Waals surface area contributed by atoms with Crippen LogP contribution in [0.3, 0.4) is 0 Å². The van der Waals surface area contributed by atoms with Crippen molar-refractivity contribution in [2.75, 3.05) is 64.4 Å². The Bertz CT molecular complexity index is 764. The Morgan fingerprint density at radius 2 is 1.80 bits per heavy atom. The van der Waals surface area contributed by atoms with E-state index in [1.165, 1.54) is 5.56 Å². The molecule has 2 aliphatic heterocycles. The van der Waals surface area contributed by atoms with Gasteiger partial charge in [-0.05, 0) is 38.4 Å². The molecule has 2 aliphatic rings. The second-order valence-corrected chi connectivity index (χ2v) is 10.9. The van der Waals surface area contributed by atoms with Gasteiger partial charge in [-0.2, -0.15) is 0 Å². The molecular weight excluding hydrogens is 400 g/mol. The summed E-state index contributed by atoms with van der Waals surface area (Å²) in [5, 5.41) is 2.97. The van der Waals surface area contributed by atoms with Crippen molar-refractivity contribution >= 4 is 15.7 Å². The molecule has 1 unspecified atom stereocenters. The first-order chi connectivity index (χ1) is 14.4. The number of nitrogens with zero attached hydrogens (tertiary/aromatic N) is 3. The number of benzene rings is 1. The molecule has 2 fully saturated rings. The summed E-state index contributed by atoms with van der Waals surface area (Å²) in [5.41, 5.74) is 1.38. The van der Waals surface area contributed by atoms with Gasteiger partial charge < -0.3 is 10.2 Å². The van der Waals surface area contributed by atoms with Gasteiger partial charge in [-0.1, -0.05) is 30.3 Å². The third-order valence-electron chi connectivity index (χ3n) is 6.16. The van der Waals surface area contributed by atoms with Gasteiger partial charge in [-0.25, -0.2) is 8.42 Å². The maximum absolute atomic E-state index is 12.1. The number of nitrogens with one attached hydrogen (secondary N) is 1. The number of piperazine rings is 1. The molecular formula is C22H36N4O3S. The van der Waals surface area contributed by atoms with E-state index in [4.69, 9.17) is 0 Å². The van der Waals surface area contributed by atoms with Crippen LogP contribution in [0.4, 0.5) is 0 Å². The first-order valence-electron chi connectivity index (χ1n) is 11.1. The van der Waals surface area contributed by atoms with Crippen LogP contribution in [0.1, 0.15) is 24.8 Å². The summed E-state index contributed by atoms with van der Waals surface area (Å²) < 4.78 is 23.1. The van der Waals surface area contributed by atoms with Crippen LogP contribution in [-0.2, 0) is 21.2 Å². The SMILES string of the molecule is CN(CC(=O)NCCCCN1CCN(Cc2ccccc2)CC1)C1CCS(=O)(=O)C1. The van der Waals surface area contributed by atoms with Crippen LogP contribution < -0.4 is 5.32 Å². The Morgan fingerprint density at radius 3 is 2.47 bits per heavy atom. The molecule has 0 saturated carbocycles. The number of likely N-dealkylation sites (N-methyl/N-ethyl adjacent to an activating group) is 1. The Balaban J connectivity index is 1.22. The van der Waals surface area contributed by atoms with Gasteiger partial charge in [-0.3, -0.25) is 14.6 Å². The lowest BCUT2D eigenvalue weighted by Gasteiger charge is -2.34. The fourth-order valence-electron chi connectivity index (χ4n) is 4.24. The Kier molecular flexibility index (Phi) is 8.68. The number of unbranched alkanes of at least 4 members (excludes halogenated alkanes) is 1. The lowest BCUT2D eigenvalue weighted by molar-refractivity contribution is -0.122. The molecule has 7 nitrogen and oxygen atoms in total. The summed E-state index contributed by atoms with van der Waals surface area (Å²) in [6.45, 7) is 7.48. The van der Waals surface area contributed by atoms with Gasteiger partial charge in [0.15, 0.2) is 9.84 Å². The van der Waals surface area contributed by atoms with Crippen molar-refractivity contribution in [3.05, 3.63) is 35.9 Å². The molecule has 1 atom stereocenters. The van der Waals surface area contributed by atoms with E-state index in [2.05, 4.69) is 45.4 Å². The molecule has 0 aliphatic carbocycles. The maximum Gasteiger partial charge on any atom is 0.234 e.